The molecule has 1 N–H and O–H groups in total. The highest BCUT2D eigenvalue weighted by atomic mass is 19.1. The molecule has 1 aliphatic heterocycles. The van der Waals surface area contributed by atoms with Crippen molar-refractivity contribution in [1.82, 2.24) is 5.32 Å². The molecule has 1 aliphatic rings. The van der Waals surface area contributed by atoms with Gasteiger partial charge in [-0.05, 0) is 37.1 Å². The lowest BCUT2D eigenvalue weighted by Crippen LogP contribution is -2.36. The second kappa shape index (κ2) is 6.38. The van der Waals surface area contributed by atoms with Crippen molar-refractivity contribution < 1.29 is 9.13 Å². The molecule has 1 aromatic rings. The highest BCUT2D eigenvalue weighted by Crippen LogP contribution is 2.38. The fourth-order valence-corrected chi connectivity index (χ4v) is 2.90. The first-order chi connectivity index (χ1) is 9.15. The fourth-order valence-electron chi connectivity index (χ4n) is 2.90. The van der Waals surface area contributed by atoms with Gasteiger partial charge in [0.15, 0.2) is 0 Å². The van der Waals surface area contributed by atoms with E-state index in [1.807, 2.05) is 0 Å². The van der Waals surface area contributed by atoms with E-state index in [-0.39, 0.29) is 18.0 Å². The molecule has 3 atom stereocenters. The molecule has 1 aromatic carbocycles. The van der Waals surface area contributed by atoms with Gasteiger partial charge < -0.3 is 10.1 Å². The van der Waals surface area contributed by atoms with Crippen LogP contribution in [0.15, 0.2) is 18.2 Å². The van der Waals surface area contributed by atoms with Crippen LogP contribution in [-0.4, -0.2) is 12.6 Å². The molecule has 3 heteroatoms. The molecule has 0 aliphatic carbocycles. The van der Waals surface area contributed by atoms with E-state index in [1.54, 1.807) is 12.1 Å². The summed E-state index contributed by atoms with van der Waals surface area (Å²) in [5, 5.41) is 3.45. The largest absolute Gasteiger partial charge is 0.490 e. The summed E-state index contributed by atoms with van der Waals surface area (Å²) < 4.78 is 19.5. The Kier molecular flexibility index (Phi) is 4.81. The number of rotatable bonds is 5. The standard InChI is InChI=1S/C16H24FNO/c1-4-6-11(3)16-10-14(18-5-2)13-9-12(17)7-8-15(13)19-16/h7-9,11,14,16,18H,4-6,10H2,1-3H3. The van der Waals surface area contributed by atoms with Crippen LogP contribution in [0.2, 0.25) is 0 Å². The summed E-state index contributed by atoms with van der Waals surface area (Å²) in [7, 11) is 0. The molecule has 3 unspecified atom stereocenters. The van der Waals surface area contributed by atoms with Gasteiger partial charge in [0.05, 0.1) is 0 Å². The number of hydrogen-bond donors (Lipinski definition) is 1. The van der Waals surface area contributed by atoms with Gasteiger partial charge in [0.1, 0.15) is 17.7 Å². The smallest absolute Gasteiger partial charge is 0.124 e. The zero-order valence-corrected chi connectivity index (χ0v) is 12.1. The molecule has 0 bridgehead atoms. The van der Waals surface area contributed by atoms with Crippen LogP contribution in [0.3, 0.4) is 0 Å². The molecule has 2 nitrogen and oxygen atoms in total. The van der Waals surface area contributed by atoms with Gasteiger partial charge in [0.25, 0.3) is 0 Å². The Balaban J connectivity index is 2.22. The van der Waals surface area contributed by atoms with Gasteiger partial charge in [-0.15, -0.1) is 0 Å². The first-order valence-electron chi connectivity index (χ1n) is 7.35. The summed E-state index contributed by atoms with van der Waals surface area (Å²) in [4.78, 5) is 0. The zero-order chi connectivity index (χ0) is 13.8. The van der Waals surface area contributed by atoms with Crippen molar-refractivity contribution in [3.63, 3.8) is 0 Å². The van der Waals surface area contributed by atoms with Gasteiger partial charge in [-0.25, -0.2) is 4.39 Å². The summed E-state index contributed by atoms with van der Waals surface area (Å²) >= 11 is 0. The zero-order valence-electron chi connectivity index (χ0n) is 12.1. The molecule has 2 rings (SSSR count). The molecular weight excluding hydrogens is 241 g/mol. The molecule has 0 radical (unpaired) electrons. The average molecular weight is 265 g/mol. The van der Waals surface area contributed by atoms with Crippen LogP contribution in [0.4, 0.5) is 4.39 Å². The van der Waals surface area contributed by atoms with Crippen molar-refractivity contribution in [2.24, 2.45) is 5.92 Å². The molecule has 0 aromatic heterocycles. The lowest BCUT2D eigenvalue weighted by Gasteiger charge is -2.35. The van der Waals surface area contributed by atoms with Crippen LogP contribution in [0.1, 0.15) is 51.6 Å². The molecule has 0 saturated carbocycles. The minimum atomic E-state index is -0.190. The molecule has 19 heavy (non-hydrogen) atoms. The van der Waals surface area contributed by atoms with Crippen molar-refractivity contribution in [2.75, 3.05) is 6.54 Å². The minimum absolute atomic E-state index is 0.190. The summed E-state index contributed by atoms with van der Waals surface area (Å²) in [6.45, 7) is 7.41. The van der Waals surface area contributed by atoms with Crippen LogP contribution < -0.4 is 10.1 Å². The summed E-state index contributed by atoms with van der Waals surface area (Å²) in [5.41, 5.74) is 0.960. The monoisotopic (exact) mass is 265 g/mol. The van der Waals surface area contributed by atoms with Crippen LogP contribution >= 0.6 is 0 Å². The quantitative estimate of drug-likeness (QED) is 0.866. The van der Waals surface area contributed by atoms with E-state index in [1.165, 1.54) is 18.9 Å². The SMILES string of the molecule is CCCC(C)C1CC(NCC)c2cc(F)ccc2O1. The van der Waals surface area contributed by atoms with Gasteiger partial charge in [-0.3, -0.25) is 0 Å². The second-order valence-electron chi connectivity index (χ2n) is 5.45. The lowest BCUT2D eigenvalue weighted by atomic mass is 9.88. The maximum Gasteiger partial charge on any atom is 0.124 e. The first-order valence-corrected chi connectivity index (χ1v) is 7.35. The third-order valence-electron chi connectivity index (χ3n) is 3.92. The van der Waals surface area contributed by atoms with Crippen molar-refractivity contribution in [3.05, 3.63) is 29.6 Å². The molecule has 106 valence electrons. The molecular formula is C16H24FNO. The van der Waals surface area contributed by atoms with Crippen molar-refractivity contribution in [2.45, 2.75) is 52.2 Å². The lowest BCUT2D eigenvalue weighted by molar-refractivity contribution is 0.0955. The van der Waals surface area contributed by atoms with E-state index in [4.69, 9.17) is 4.74 Å². The summed E-state index contributed by atoms with van der Waals surface area (Å²) in [6, 6.07) is 5.05. The maximum absolute atomic E-state index is 13.4. The minimum Gasteiger partial charge on any atom is -0.490 e. The van der Waals surface area contributed by atoms with Crippen molar-refractivity contribution in [1.29, 1.82) is 0 Å². The topological polar surface area (TPSA) is 21.3 Å². The molecule has 1 heterocycles. The summed E-state index contributed by atoms with van der Waals surface area (Å²) in [5.74, 6) is 1.18. The fraction of sp³-hybridized carbons (Fsp3) is 0.625. The van der Waals surface area contributed by atoms with Crippen LogP contribution in [0, 0.1) is 11.7 Å². The molecule has 0 spiro atoms. The Morgan fingerprint density at radius 2 is 2.21 bits per heavy atom. The third kappa shape index (κ3) is 3.27. The highest BCUT2D eigenvalue weighted by molar-refractivity contribution is 5.38. The number of benzene rings is 1. The summed E-state index contributed by atoms with van der Waals surface area (Å²) in [6.07, 6.45) is 3.48. The van der Waals surface area contributed by atoms with E-state index in [0.717, 1.165) is 24.3 Å². The normalized spacial score (nSPS) is 23.6. The Morgan fingerprint density at radius 1 is 1.42 bits per heavy atom. The predicted octanol–water partition coefficient (Wildman–Crippen LogP) is 4.06. The number of fused-ring (bicyclic) bond motifs is 1. The van der Waals surface area contributed by atoms with Crippen LogP contribution in [0.25, 0.3) is 0 Å². The van der Waals surface area contributed by atoms with E-state index in [2.05, 4.69) is 26.1 Å². The second-order valence-corrected chi connectivity index (χ2v) is 5.45. The van der Waals surface area contributed by atoms with E-state index in [0.29, 0.717) is 5.92 Å². The van der Waals surface area contributed by atoms with Gasteiger partial charge in [0.2, 0.25) is 0 Å². The predicted molar refractivity (Wildman–Crippen MR) is 75.9 cm³/mol. The Morgan fingerprint density at radius 3 is 2.89 bits per heavy atom. The van der Waals surface area contributed by atoms with Crippen LogP contribution in [0.5, 0.6) is 5.75 Å². The Labute approximate surface area is 115 Å². The maximum atomic E-state index is 13.4. The third-order valence-corrected chi connectivity index (χ3v) is 3.92. The number of halogens is 1. The number of ether oxygens (including phenoxy) is 1. The number of hydrogen-bond acceptors (Lipinski definition) is 2. The average Bonchev–Trinajstić information content (AvgIpc) is 2.39. The highest BCUT2D eigenvalue weighted by Gasteiger charge is 2.31. The van der Waals surface area contributed by atoms with Crippen molar-refractivity contribution >= 4 is 0 Å². The van der Waals surface area contributed by atoms with Gasteiger partial charge >= 0.3 is 0 Å². The Hall–Kier alpha value is -1.09. The first kappa shape index (κ1) is 14.3. The van der Waals surface area contributed by atoms with E-state index < -0.39 is 0 Å². The van der Waals surface area contributed by atoms with Gasteiger partial charge in [0, 0.05) is 18.0 Å². The molecule has 0 fully saturated rings. The van der Waals surface area contributed by atoms with Gasteiger partial charge in [-0.2, -0.15) is 0 Å². The number of nitrogens with one attached hydrogen (secondary N) is 1. The molecule has 0 saturated heterocycles. The van der Waals surface area contributed by atoms with Crippen molar-refractivity contribution in [3.8, 4) is 5.75 Å². The Bertz CT molecular complexity index is 421. The molecule has 0 amide bonds. The van der Waals surface area contributed by atoms with E-state index in [9.17, 15) is 4.39 Å². The van der Waals surface area contributed by atoms with E-state index >= 15 is 0 Å². The van der Waals surface area contributed by atoms with Gasteiger partial charge in [-0.1, -0.05) is 27.2 Å². The van der Waals surface area contributed by atoms with Crippen LogP contribution in [-0.2, 0) is 0 Å².